The first-order valence-electron chi connectivity index (χ1n) is 8.80. The summed E-state index contributed by atoms with van der Waals surface area (Å²) in [4.78, 5) is 0. The lowest BCUT2D eigenvalue weighted by Gasteiger charge is -2.26. The zero-order chi connectivity index (χ0) is 19.5. The molecule has 1 unspecified atom stereocenters. The van der Waals surface area contributed by atoms with Gasteiger partial charge in [0, 0.05) is 24.8 Å². The van der Waals surface area contributed by atoms with Crippen molar-refractivity contribution in [1.29, 1.82) is 0 Å². The summed E-state index contributed by atoms with van der Waals surface area (Å²) in [5.74, 6) is 0.626. The maximum Gasteiger partial charge on any atom is 0.340 e. The Labute approximate surface area is 171 Å². The van der Waals surface area contributed by atoms with E-state index in [4.69, 9.17) is 33.2 Å². The maximum atomic E-state index is 12.6. The molecule has 0 fully saturated rings. The van der Waals surface area contributed by atoms with Crippen LogP contribution >= 0.6 is 30.9 Å². The molecule has 0 bridgehead atoms. The molecular formula is C20H25Cl2N2O2P. The molecule has 2 rings (SSSR count). The lowest BCUT2D eigenvalue weighted by molar-refractivity contribution is 0.270. The molecule has 1 atom stereocenters. The Balaban J connectivity index is 2.07. The molecule has 146 valence electrons. The Hall–Kier alpha value is -1.13. The van der Waals surface area contributed by atoms with E-state index in [1.165, 1.54) is 4.67 Å². The van der Waals surface area contributed by atoms with E-state index in [1.807, 2.05) is 36.4 Å². The topological polar surface area (TPSA) is 55.6 Å². The van der Waals surface area contributed by atoms with Gasteiger partial charge in [-0.25, -0.2) is 10.2 Å². The fraction of sp³-hybridized carbons (Fsp3) is 0.300. The summed E-state index contributed by atoms with van der Waals surface area (Å²) >= 11 is 11.5. The second kappa shape index (κ2) is 11.7. The Morgan fingerprint density at radius 1 is 0.963 bits per heavy atom. The van der Waals surface area contributed by atoms with Gasteiger partial charge in [-0.2, -0.15) is 0 Å². The van der Waals surface area contributed by atoms with Gasteiger partial charge >= 0.3 is 7.67 Å². The van der Waals surface area contributed by atoms with Gasteiger partial charge in [-0.05, 0) is 23.1 Å². The first kappa shape index (κ1) is 22.2. The third kappa shape index (κ3) is 7.08. The molecule has 0 aliphatic heterocycles. The van der Waals surface area contributed by atoms with E-state index in [0.717, 1.165) is 16.7 Å². The van der Waals surface area contributed by atoms with Crippen molar-refractivity contribution in [3.05, 3.63) is 77.9 Å². The minimum Gasteiger partial charge on any atom is -0.306 e. The summed E-state index contributed by atoms with van der Waals surface area (Å²) in [6.45, 7) is 0.992. The average molecular weight is 427 g/mol. The predicted molar refractivity (Wildman–Crippen MR) is 115 cm³/mol. The molecule has 7 heteroatoms. The van der Waals surface area contributed by atoms with E-state index in [9.17, 15) is 4.57 Å². The normalized spacial score (nSPS) is 13.3. The summed E-state index contributed by atoms with van der Waals surface area (Å²) in [7, 11) is -3.40. The van der Waals surface area contributed by atoms with E-state index in [0.29, 0.717) is 31.3 Å². The van der Waals surface area contributed by atoms with Crippen molar-refractivity contribution in [3.63, 3.8) is 0 Å². The molecule has 27 heavy (non-hydrogen) atoms. The van der Waals surface area contributed by atoms with Gasteiger partial charge in [-0.3, -0.25) is 4.57 Å². The molecular weight excluding hydrogens is 402 g/mol. The Morgan fingerprint density at radius 3 is 1.89 bits per heavy atom. The molecule has 0 radical (unpaired) electrons. The Kier molecular flexibility index (Phi) is 9.57. The molecule has 0 spiro atoms. The molecule has 0 heterocycles. The first-order chi connectivity index (χ1) is 13.1. The highest BCUT2D eigenvalue weighted by molar-refractivity contribution is 7.53. The summed E-state index contributed by atoms with van der Waals surface area (Å²) in [5.41, 5.74) is 9.23. The van der Waals surface area contributed by atoms with Crippen molar-refractivity contribution in [2.75, 3.05) is 31.5 Å². The van der Waals surface area contributed by atoms with Crippen molar-refractivity contribution < 1.29 is 9.09 Å². The predicted octanol–water partition coefficient (Wildman–Crippen LogP) is 5.37. The molecule has 2 aromatic carbocycles. The van der Waals surface area contributed by atoms with Crippen LogP contribution in [0.5, 0.6) is 0 Å². The van der Waals surface area contributed by atoms with Gasteiger partial charge in [0.2, 0.25) is 0 Å². The van der Waals surface area contributed by atoms with Crippen LogP contribution in [0.2, 0.25) is 0 Å². The van der Waals surface area contributed by atoms with E-state index < -0.39 is 7.67 Å². The summed E-state index contributed by atoms with van der Waals surface area (Å²) in [6, 6.07) is 20.3. The molecule has 0 aliphatic rings. The monoisotopic (exact) mass is 426 g/mol. The van der Waals surface area contributed by atoms with Gasteiger partial charge in [-0.15, -0.1) is 23.2 Å². The van der Waals surface area contributed by atoms with Crippen LogP contribution in [0.3, 0.4) is 0 Å². The van der Waals surface area contributed by atoms with Crippen LogP contribution < -0.4 is 5.50 Å². The molecule has 0 saturated carbocycles. The van der Waals surface area contributed by atoms with Crippen molar-refractivity contribution in [2.24, 2.45) is 5.50 Å². The molecule has 0 aliphatic carbocycles. The minimum atomic E-state index is -3.40. The largest absolute Gasteiger partial charge is 0.340 e. The minimum absolute atomic E-state index is 0.248. The average Bonchev–Trinajstić information content (AvgIpc) is 2.69. The molecule has 0 amide bonds. The van der Waals surface area contributed by atoms with E-state index in [-0.39, 0.29) is 6.61 Å². The van der Waals surface area contributed by atoms with E-state index in [2.05, 4.69) is 30.3 Å². The molecule has 2 aromatic rings. The van der Waals surface area contributed by atoms with Gasteiger partial charge in [0.05, 0.1) is 6.61 Å². The van der Waals surface area contributed by atoms with Crippen molar-refractivity contribution in [1.82, 2.24) is 4.67 Å². The Morgan fingerprint density at radius 2 is 1.44 bits per heavy atom. The third-order valence-corrected chi connectivity index (χ3v) is 6.07. The zero-order valence-corrected chi connectivity index (χ0v) is 17.5. The lowest BCUT2D eigenvalue weighted by atomic mass is 9.97. The highest BCUT2D eigenvalue weighted by Crippen LogP contribution is 2.42. The van der Waals surface area contributed by atoms with Gasteiger partial charge in [-0.1, -0.05) is 66.7 Å². The van der Waals surface area contributed by atoms with Crippen molar-refractivity contribution in [2.45, 2.75) is 6.42 Å². The number of nitrogens with zero attached hydrogens (tertiary/aromatic N) is 1. The van der Waals surface area contributed by atoms with Crippen LogP contribution in [0.4, 0.5) is 0 Å². The van der Waals surface area contributed by atoms with Crippen LogP contribution in [-0.4, -0.2) is 36.1 Å². The number of alkyl halides is 2. The molecule has 4 nitrogen and oxygen atoms in total. The number of benzene rings is 2. The molecule has 0 saturated heterocycles. The smallest absolute Gasteiger partial charge is 0.306 e. The van der Waals surface area contributed by atoms with E-state index in [1.54, 1.807) is 0 Å². The van der Waals surface area contributed by atoms with Crippen LogP contribution in [0.25, 0.3) is 5.57 Å². The number of nitrogens with two attached hydrogens (primary N) is 1. The van der Waals surface area contributed by atoms with Crippen molar-refractivity contribution in [3.8, 4) is 0 Å². The van der Waals surface area contributed by atoms with Crippen LogP contribution in [0, 0.1) is 0 Å². The number of hydrogen-bond donors (Lipinski definition) is 1. The Bertz CT molecular complexity index is 710. The van der Waals surface area contributed by atoms with Crippen LogP contribution in [-0.2, 0) is 9.09 Å². The van der Waals surface area contributed by atoms with Crippen molar-refractivity contribution >= 4 is 36.4 Å². The zero-order valence-electron chi connectivity index (χ0n) is 15.1. The summed E-state index contributed by atoms with van der Waals surface area (Å²) in [6.07, 6.45) is 2.66. The number of rotatable bonds is 11. The quantitative estimate of drug-likeness (QED) is 0.298. The third-order valence-electron chi connectivity index (χ3n) is 3.99. The second-order valence-corrected chi connectivity index (χ2v) is 8.58. The molecule has 0 aromatic heterocycles. The highest BCUT2D eigenvalue weighted by Gasteiger charge is 2.26. The van der Waals surface area contributed by atoms with Gasteiger partial charge < -0.3 is 4.52 Å². The lowest BCUT2D eigenvalue weighted by Crippen LogP contribution is -2.29. The van der Waals surface area contributed by atoms with Gasteiger partial charge in [0.1, 0.15) is 0 Å². The SMILES string of the molecule is NP(=O)(OCCC=C(c1ccccc1)c1ccccc1)N(CCCl)CCCl. The maximum absolute atomic E-state index is 12.6. The van der Waals surface area contributed by atoms with Gasteiger partial charge in [0.15, 0.2) is 0 Å². The van der Waals surface area contributed by atoms with Gasteiger partial charge in [0.25, 0.3) is 0 Å². The fourth-order valence-corrected chi connectivity index (χ4v) is 4.62. The fourth-order valence-electron chi connectivity index (χ4n) is 2.69. The highest BCUT2D eigenvalue weighted by atomic mass is 35.5. The van der Waals surface area contributed by atoms with Crippen LogP contribution in [0.1, 0.15) is 17.5 Å². The summed E-state index contributed by atoms with van der Waals surface area (Å²) in [5, 5.41) is 0. The molecule has 2 N–H and O–H groups in total. The standard InChI is InChI=1S/C20H25Cl2N2O2P/c21-13-15-24(16-14-22)27(23,25)26-17-7-12-20(18-8-3-1-4-9-18)19-10-5-2-6-11-19/h1-6,8-12H,7,13-17H2,(H2,23,25). The number of hydrogen-bond acceptors (Lipinski definition) is 2. The number of halogens is 2. The second-order valence-electron chi connectivity index (χ2n) is 5.87. The van der Waals surface area contributed by atoms with Crippen LogP contribution in [0.15, 0.2) is 66.7 Å². The summed E-state index contributed by atoms with van der Waals surface area (Å²) < 4.78 is 19.7. The first-order valence-corrected chi connectivity index (χ1v) is 11.5. The van der Waals surface area contributed by atoms with E-state index >= 15 is 0 Å².